The van der Waals surface area contributed by atoms with Crippen molar-refractivity contribution in [2.75, 3.05) is 5.75 Å². The predicted octanol–water partition coefficient (Wildman–Crippen LogP) is 3.78. The minimum Gasteiger partial charge on any atom is -0.443 e. The van der Waals surface area contributed by atoms with Crippen molar-refractivity contribution in [3.05, 3.63) is 108 Å². The van der Waals surface area contributed by atoms with Crippen LogP contribution in [0, 0.1) is 0 Å². The van der Waals surface area contributed by atoms with Crippen LogP contribution in [0.25, 0.3) is 0 Å². The molecule has 0 amide bonds. The molecular formula is C22H21NO2S. The van der Waals surface area contributed by atoms with Gasteiger partial charge in [0.1, 0.15) is 6.04 Å². The summed E-state index contributed by atoms with van der Waals surface area (Å²) >= 11 is 4.14. The summed E-state index contributed by atoms with van der Waals surface area (Å²) in [6.45, 7) is 0. The Morgan fingerprint density at radius 3 is 1.46 bits per heavy atom. The highest BCUT2D eigenvalue weighted by Crippen LogP contribution is 2.40. The van der Waals surface area contributed by atoms with Gasteiger partial charge in [0.15, 0.2) is 5.60 Å². The van der Waals surface area contributed by atoms with Crippen molar-refractivity contribution in [3.63, 3.8) is 0 Å². The molecule has 0 aliphatic rings. The third-order valence-corrected chi connectivity index (χ3v) is 4.69. The van der Waals surface area contributed by atoms with E-state index in [2.05, 4.69) is 12.6 Å². The van der Waals surface area contributed by atoms with Crippen molar-refractivity contribution < 1.29 is 9.53 Å². The molecule has 0 aliphatic carbocycles. The predicted molar refractivity (Wildman–Crippen MR) is 107 cm³/mol. The van der Waals surface area contributed by atoms with Gasteiger partial charge in [-0.3, -0.25) is 4.79 Å². The van der Waals surface area contributed by atoms with Gasteiger partial charge in [0, 0.05) is 22.4 Å². The summed E-state index contributed by atoms with van der Waals surface area (Å²) in [4.78, 5) is 12.7. The SMILES string of the molecule is N[C@@H](CS)C(=O)OC(c1ccccc1)(c1ccccc1)c1ccccc1. The molecule has 0 aromatic heterocycles. The second kappa shape index (κ2) is 8.21. The van der Waals surface area contributed by atoms with Crippen LogP contribution in [0.1, 0.15) is 16.7 Å². The van der Waals surface area contributed by atoms with Gasteiger partial charge in [-0.05, 0) is 0 Å². The largest absolute Gasteiger partial charge is 0.443 e. The zero-order chi connectivity index (χ0) is 18.4. The van der Waals surface area contributed by atoms with Crippen LogP contribution < -0.4 is 5.73 Å². The average molecular weight is 363 g/mol. The van der Waals surface area contributed by atoms with Gasteiger partial charge in [-0.15, -0.1) is 0 Å². The van der Waals surface area contributed by atoms with E-state index < -0.39 is 17.6 Å². The molecule has 0 unspecified atom stereocenters. The molecule has 2 N–H and O–H groups in total. The van der Waals surface area contributed by atoms with Crippen molar-refractivity contribution in [2.24, 2.45) is 5.73 Å². The van der Waals surface area contributed by atoms with Crippen LogP contribution in [0.3, 0.4) is 0 Å². The van der Waals surface area contributed by atoms with E-state index >= 15 is 0 Å². The van der Waals surface area contributed by atoms with Crippen LogP contribution in [0.4, 0.5) is 0 Å². The minimum absolute atomic E-state index is 0.216. The molecule has 0 aliphatic heterocycles. The van der Waals surface area contributed by atoms with E-state index in [9.17, 15) is 4.79 Å². The summed E-state index contributed by atoms with van der Waals surface area (Å²) in [6, 6.07) is 28.4. The maximum Gasteiger partial charge on any atom is 0.325 e. The molecule has 132 valence electrons. The molecule has 0 fully saturated rings. The summed E-state index contributed by atoms with van der Waals surface area (Å²) in [5.41, 5.74) is 7.40. The third kappa shape index (κ3) is 3.52. The lowest BCUT2D eigenvalue weighted by atomic mass is 9.80. The highest BCUT2D eigenvalue weighted by atomic mass is 32.1. The molecule has 0 saturated carbocycles. The van der Waals surface area contributed by atoms with Gasteiger partial charge >= 0.3 is 5.97 Å². The molecule has 0 saturated heterocycles. The number of hydrogen-bond donors (Lipinski definition) is 2. The summed E-state index contributed by atoms with van der Waals surface area (Å²) in [7, 11) is 0. The van der Waals surface area contributed by atoms with E-state index in [1.165, 1.54) is 0 Å². The number of benzene rings is 3. The van der Waals surface area contributed by atoms with Crippen LogP contribution in [0.15, 0.2) is 91.0 Å². The number of carbonyl (C=O) groups is 1. The topological polar surface area (TPSA) is 52.3 Å². The summed E-state index contributed by atoms with van der Waals surface area (Å²) in [5.74, 6) is -0.274. The fourth-order valence-corrected chi connectivity index (χ4v) is 3.15. The van der Waals surface area contributed by atoms with E-state index in [4.69, 9.17) is 10.5 Å². The third-order valence-electron chi connectivity index (χ3n) is 4.29. The number of carbonyl (C=O) groups excluding carboxylic acids is 1. The standard InChI is InChI=1S/C22H21NO2S/c23-20(16-26)21(24)25-22(17-10-4-1-5-11-17,18-12-6-2-7-13-18)19-14-8-3-9-15-19/h1-15,20,26H,16,23H2/t20-/m0/s1. The summed E-state index contributed by atoms with van der Waals surface area (Å²) in [6.07, 6.45) is 0. The van der Waals surface area contributed by atoms with Gasteiger partial charge in [-0.2, -0.15) is 12.6 Å². The first-order chi connectivity index (χ1) is 12.7. The zero-order valence-electron chi connectivity index (χ0n) is 14.3. The van der Waals surface area contributed by atoms with Crippen LogP contribution in [-0.2, 0) is 15.1 Å². The molecule has 0 radical (unpaired) electrons. The second-order valence-corrected chi connectivity index (χ2v) is 6.35. The van der Waals surface area contributed by atoms with E-state index in [1.54, 1.807) is 0 Å². The smallest absolute Gasteiger partial charge is 0.325 e. The van der Waals surface area contributed by atoms with E-state index in [-0.39, 0.29) is 5.75 Å². The molecule has 0 heterocycles. The Hall–Kier alpha value is -2.56. The van der Waals surface area contributed by atoms with E-state index in [1.807, 2.05) is 91.0 Å². The molecular weight excluding hydrogens is 342 g/mol. The lowest BCUT2D eigenvalue weighted by Gasteiger charge is -2.36. The van der Waals surface area contributed by atoms with Crippen molar-refractivity contribution in [2.45, 2.75) is 11.6 Å². The van der Waals surface area contributed by atoms with Crippen molar-refractivity contribution in [3.8, 4) is 0 Å². The number of thiol groups is 1. The average Bonchev–Trinajstić information content (AvgIpc) is 2.73. The fourth-order valence-electron chi connectivity index (χ4n) is 3.00. The number of hydrogen-bond acceptors (Lipinski definition) is 4. The van der Waals surface area contributed by atoms with E-state index in [0.29, 0.717) is 0 Å². The van der Waals surface area contributed by atoms with E-state index in [0.717, 1.165) is 16.7 Å². The fraction of sp³-hybridized carbons (Fsp3) is 0.136. The van der Waals surface area contributed by atoms with Gasteiger partial charge in [0.25, 0.3) is 0 Å². The Balaban J connectivity index is 2.26. The Kier molecular flexibility index (Phi) is 5.76. The van der Waals surface area contributed by atoms with Gasteiger partial charge in [0.05, 0.1) is 0 Å². The Morgan fingerprint density at radius 1 is 0.808 bits per heavy atom. The minimum atomic E-state index is -1.08. The molecule has 0 spiro atoms. The molecule has 0 bridgehead atoms. The number of ether oxygens (including phenoxy) is 1. The van der Waals surface area contributed by atoms with Crippen molar-refractivity contribution >= 4 is 18.6 Å². The van der Waals surface area contributed by atoms with Gasteiger partial charge < -0.3 is 10.5 Å². The Morgan fingerprint density at radius 2 is 1.15 bits per heavy atom. The number of rotatable bonds is 6. The quantitative estimate of drug-likeness (QED) is 0.398. The maximum absolute atomic E-state index is 12.7. The molecule has 3 nitrogen and oxygen atoms in total. The Labute approximate surface area is 159 Å². The summed E-state index contributed by atoms with van der Waals surface area (Å²) < 4.78 is 6.14. The molecule has 4 heteroatoms. The number of esters is 1. The van der Waals surface area contributed by atoms with Crippen LogP contribution in [-0.4, -0.2) is 17.8 Å². The Bertz CT molecular complexity index is 741. The number of nitrogens with two attached hydrogens (primary N) is 1. The van der Waals surface area contributed by atoms with Gasteiger partial charge in [-0.1, -0.05) is 91.0 Å². The maximum atomic E-state index is 12.7. The van der Waals surface area contributed by atoms with Crippen LogP contribution >= 0.6 is 12.6 Å². The molecule has 1 atom stereocenters. The van der Waals surface area contributed by atoms with Gasteiger partial charge in [-0.25, -0.2) is 0 Å². The molecule has 3 aromatic carbocycles. The lowest BCUT2D eigenvalue weighted by molar-refractivity contribution is -0.154. The summed E-state index contributed by atoms with van der Waals surface area (Å²) in [5, 5.41) is 0. The highest BCUT2D eigenvalue weighted by Gasteiger charge is 2.41. The lowest BCUT2D eigenvalue weighted by Crippen LogP contribution is -2.42. The normalized spacial score (nSPS) is 12.4. The molecule has 3 rings (SSSR count). The van der Waals surface area contributed by atoms with Crippen LogP contribution in [0.2, 0.25) is 0 Å². The van der Waals surface area contributed by atoms with Crippen molar-refractivity contribution in [1.29, 1.82) is 0 Å². The first kappa shape index (κ1) is 18.2. The second-order valence-electron chi connectivity index (χ2n) is 5.99. The first-order valence-corrected chi connectivity index (χ1v) is 9.07. The zero-order valence-corrected chi connectivity index (χ0v) is 15.2. The molecule has 3 aromatic rings. The molecule has 26 heavy (non-hydrogen) atoms. The first-order valence-electron chi connectivity index (χ1n) is 8.44. The highest BCUT2D eigenvalue weighted by molar-refractivity contribution is 7.80. The monoisotopic (exact) mass is 363 g/mol. The van der Waals surface area contributed by atoms with Gasteiger partial charge in [0.2, 0.25) is 0 Å². The van der Waals surface area contributed by atoms with Crippen LogP contribution in [0.5, 0.6) is 0 Å². The van der Waals surface area contributed by atoms with Crippen molar-refractivity contribution in [1.82, 2.24) is 0 Å².